The Hall–Kier alpha value is -1.76. The van der Waals surface area contributed by atoms with Crippen LogP contribution in [0.25, 0.3) is 0 Å². The summed E-state index contributed by atoms with van der Waals surface area (Å²) in [6.07, 6.45) is -3.08. The minimum Gasteiger partial charge on any atom is -0.491 e. The van der Waals surface area contributed by atoms with Crippen molar-refractivity contribution >= 4 is 5.91 Å². The average Bonchev–Trinajstić information content (AvgIpc) is 2.55. The van der Waals surface area contributed by atoms with E-state index in [0.29, 0.717) is 37.4 Å². The Balaban J connectivity index is 1.93. The minimum atomic E-state index is -4.20. The van der Waals surface area contributed by atoms with Crippen molar-refractivity contribution in [1.82, 2.24) is 5.32 Å². The second-order valence-corrected chi connectivity index (χ2v) is 5.94. The molecular formula is C17H22F3NO3. The molecule has 1 fully saturated rings. The molecule has 1 aromatic carbocycles. The Morgan fingerprint density at radius 3 is 2.79 bits per heavy atom. The van der Waals surface area contributed by atoms with Crippen LogP contribution in [0.2, 0.25) is 0 Å². The lowest BCUT2D eigenvalue weighted by Gasteiger charge is -2.31. The lowest BCUT2D eigenvalue weighted by Crippen LogP contribution is -2.41. The molecule has 2 atom stereocenters. The smallest absolute Gasteiger partial charge is 0.391 e. The normalized spacial score (nSPS) is 21.3. The molecule has 134 valence electrons. The number of nitrogens with one attached hydrogen (secondary N) is 1. The molecule has 1 aliphatic carbocycles. The SMILES string of the molecule is COCCOc1cccc(C(=O)N[C@@H]2CCC[C@H](C(F)(F)F)C2)c1. The van der Waals surface area contributed by atoms with E-state index in [-0.39, 0.29) is 18.7 Å². The van der Waals surface area contributed by atoms with E-state index >= 15 is 0 Å². The number of ether oxygens (including phenoxy) is 2. The number of benzene rings is 1. The highest BCUT2D eigenvalue weighted by Gasteiger charge is 2.42. The van der Waals surface area contributed by atoms with Crippen molar-refractivity contribution in [2.45, 2.75) is 37.9 Å². The van der Waals surface area contributed by atoms with Gasteiger partial charge in [0.1, 0.15) is 12.4 Å². The third-order valence-electron chi connectivity index (χ3n) is 4.12. The zero-order chi connectivity index (χ0) is 17.6. The molecule has 1 N–H and O–H groups in total. The maximum absolute atomic E-state index is 12.8. The van der Waals surface area contributed by atoms with E-state index in [4.69, 9.17) is 9.47 Å². The molecule has 1 amide bonds. The highest BCUT2D eigenvalue weighted by molar-refractivity contribution is 5.94. The number of methoxy groups -OCH3 is 1. The predicted octanol–water partition coefficient (Wildman–Crippen LogP) is 3.56. The van der Waals surface area contributed by atoms with E-state index in [1.54, 1.807) is 31.4 Å². The number of amides is 1. The van der Waals surface area contributed by atoms with E-state index in [1.807, 2.05) is 0 Å². The van der Waals surface area contributed by atoms with Gasteiger partial charge in [-0.15, -0.1) is 0 Å². The maximum Gasteiger partial charge on any atom is 0.391 e. The summed E-state index contributed by atoms with van der Waals surface area (Å²) in [5.41, 5.74) is 0.374. The Bertz CT molecular complexity index is 548. The molecule has 0 aromatic heterocycles. The van der Waals surface area contributed by atoms with Crippen LogP contribution in [0.15, 0.2) is 24.3 Å². The number of carbonyl (C=O) groups is 1. The quantitative estimate of drug-likeness (QED) is 0.802. The molecule has 2 rings (SSSR count). The first-order chi connectivity index (χ1) is 11.4. The zero-order valence-corrected chi connectivity index (χ0v) is 13.6. The van der Waals surface area contributed by atoms with Crippen molar-refractivity contribution in [3.05, 3.63) is 29.8 Å². The van der Waals surface area contributed by atoms with Crippen LogP contribution in [0.1, 0.15) is 36.0 Å². The fraction of sp³-hybridized carbons (Fsp3) is 0.588. The van der Waals surface area contributed by atoms with Crippen molar-refractivity contribution < 1.29 is 27.4 Å². The molecule has 24 heavy (non-hydrogen) atoms. The van der Waals surface area contributed by atoms with Gasteiger partial charge in [0.05, 0.1) is 12.5 Å². The van der Waals surface area contributed by atoms with Crippen molar-refractivity contribution in [2.75, 3.05) is 20.3 Å². The summed E-state index contributed by atoms with van der Waals surface area (Å²) in [4.78, 5) is 12.3. The van der Waals surface area contributed by atoms with Crippen LogP contribution in [-0.2, 0) is 4.74 Å². The second kappa shape index (κ2) is 8.37. The molecule has 0 bridgehead atoms. The van der Waals surface area contributed by atoms with Crippen LogP contribution in [-0.4, -0.2) is 38.4 Å². The number of carbonyl (C=O) groups excluding carboxylic acids is 1. The van der Waals surface area contributed by atoms with Crippen molar-refractivity contribution in [2.24, 2.45) is 5.92 Å². The van der Waals surface area contributed by atoms with E-state index in [1.165, 1.54) is 0 Å². The highest BCUT2D eigenvalue weighted by atomic mass is 19.4. The Morgan fingerprint density at radius 1 is 1.29 bits per heavy atom. The van der Waals surface area contributed by atoms with Gasteiger partial charge in [-0.2, -0.15) is 13.2 Å². The summed E-state index contributed by atoms with van der Waals surface area (Å²) < 4.78 is 48.8. The molecule has 0 unspecified atom stereocenters. The summed E-state index contributed by atoms with van der Waals surface area (Å²) in [7, 11) is 1.56. The van der Waals surface area contributed by atoms with Crippen LogP contribution in [0, 0.1) is 5.92 Å². The number of halogens is 3. The monoisotopic (exact) mass is 345 g/mol. The third kappa shape index (κ3) is 5.40. The van der Waals surface area contributed by atoms with Crippen molar-refractivity contribution in [1.29, 1.82) is 0 Å². The first-order valence-corrected chi connectivity index (χ1v) is 7.99. The molecule has 1 aliphatic rings. The highest BCUT2D eigenvalue weighted by Crippen LogP contribution is 2.37. The number of rotatable bonds is 6. The Kier molecular flexibility index (Phi) is 6.48. The average molecular weight is 345 g/mol. The van der Waals surface area contributed by atoms with Crippen LogP contribution in [0.3, 0.4) is 0 Å². The van der Waals surface area contributed by atoms with Crippen LogP contribution in [0.5, 0.6) is 5.75 Å². The van der Waals surface area contributed by atoms with Gasteiger partial charge < -0.3 is 14.8 Å². The minimum absolute atomic E-state index is 0.0563. The molecular weight excluding hydrogens is 323 g/mol. The molecule has 0 radical (unpaired) electrons. The summed E-state index contributed by atoms with van der Waals surface area (Å²) in [6, 6.07) is 6.14. The van der Waals surface area contributed by atoms with Crippen LogP contribution in [0.4, 0.5) is 13.2 Å². The van der Waals surface area contributed by atoms with Crippen LogP contribution >= 0.6 is 0 Å². The first kappa shape index (κ1) is 18.6. The van der Waals surface area contributed by atoms with E-state index in [0.717, 1.165) is 0 Å². The fourth-order valence-corrected chi connectivity index (χ4v) is 2.86. The number of hydrogen-bond donors (Lipinski definition) is 1. The second-order valence-electron chi connectivity index (χ2n) is 5.94. The molecule has 4 nitrogen and oxygen atoms in total. The summed E-state index contributed by atoms with van der Waals surface area (Å²) in [5.74, 6) is -1.18. The van der Waals surface area contributed by atoms with Gasteiger partial charge in [0.15, 0.2) is 0 Å². The third-order valence-corrected chi connectivity index (χ3v) is 4.12. The summed E-state index contributed by atoms with van der Waals surface area (Å²) in [6.45, 7) is 0.786. The molecule has 0 saturated heterocycles. The summed E-state index contributed by atoms with van der Waals surface area (Å²) >= 11 is 0. The van der Waals surface area contributed by atoms with Gasteiger partial charge in [0.25, 0.3) is 5.91 Å². The standard InChI is InChI=1S/C17H22F3NO3/c1-23-8-9-24-15-7-2-4-12(10-15)16(22)21-14-6-3-5-13(11-14)17(18,19)20/h2,4,7,10,13-14H,3,5-6,8-9,11H2,1H3,(H,21,22)/t13-,14+/m0/s1. The van der Waals surface area contributed by atoms with Crippen molar-refractivity contribution in [3.63, 3.8) is 0 Å². The van der Waals surface area contributed by atoms with Gasteiger partial charge in [-0.3, -0.25) is 4.79 Å². The molecule has 7 heteroatoms. The molecule has 0 aliphatic heterocycles. The Morgan fingerprint density at radius 2 is 2.08 bits per heavy atom. The van der Waals surface area contributed by atoms with E-state index in [9.17, 15) is 18.0 Å². The predicted molar refractivity (Wildman–Crippen MR) is 83.1 cm³/mol. The topological polar surface area (TPSA) is 47.6 Å². The zero-order valence-electron chi connectivity index (χ0n) is 13.6. The lowest BCUT2D eigenvalue weighted by atomic mass is 9.85. The maximum atomic E-state index is 12.8. The largest absolute Gasteiger partial charge is 0.491 e. The fourth-order valence-electron chi connectivity index (χ4n) is 2.86. The van der Waals surface area contributed by atoms with Gasteiger partial charge in [0.2, 0.25) is 0 Å². The number of hydrogen-bond acceptors (Lipinski definition) is 3. The van der Waals surface area contributed by atoms with E-state index < -0.39 is 18.1 Å². The Labute approximate surface area is 139 Å². The molecule has 0 spiro atoms. The molecule has 1 saturated carbocycles. The molecule has 1 aromatic rings. The van der Waals surface area contributed by atoms with E-state index in [2.05, 4.69) is 5.32 Å². The van der Waals surface area contributed by atoms with Gasteiger partial charge in [-0.05, 0) is 37.5 Å². The molecule has 0 heterocycles. The van der Waals surface area contributed by atoms with Gasteiger partial charge >= 0.3 is 6.18 Å². The van der Waals surface area contributed by atoms with Gasteiger partial charge in [-0.1, -0.05) is 12.5 Å². The first-order valence-electron chi connectivity index (χ1n) is 7.99. The van der Waals surface area contributed by atoms with Gasteiger partial charge in [-0.25, -0.2) is 0 Å². The van der Waals surface area contributed by atoms with Gasteiger partial charge in [0, 0.05) is 18.7 Å². The lowest BCUT2D eigenvalue weighted by molar-refractivity contribution is -0.183. The van der Waals surface area contributed by atoms with Crippen LogP contribution < -0.4 is 10.1 Å². The van der Waals surface area contributed by atoms with Crippen molar-refractivity contribution in [3.8, 4) is 5.75 Å². The summed E-state index contributed by atoms with van der Waals surface area (Å²) in [5, 5.41) is 2.71. The number of alkyl halides is 3.